The Balaban J connectivity index is 2.47. The van der Waals surface area contributed by atoms with Crippen molar-refractivity contribution in [3.05, 3.63) is 53.8 Å². The number of rotatable bonds is 4. The molecule has 0 amide bonds. The molecule has 2 rings (SSSR count). The van der Waals surface area contributed by atoms with Crippen molar-refractivity contribution in [2.75, 3.05) is 4.72 Å². The molecule has 124 valence electrons. The lowest BCUT2D eigenvalue weighted by Crippen LogP contribution is -2.17. The molecule has 23 heavy (non-hydrogen) atoms. The SMILES string of the molecule is NS(=O)(=O)c1cccc(S(=O)(=O)Nc2ccc(F)c(F)c2F)c1. The van der Waals surface area contributed by atoms with E-state index >= 15 is 0 Å². The van der Waals surface area contributed by atoms with Crippen LogP contribution in [0.4, 0.5) is 18.9 Å². The molecule has 2 aromatic carbocycles. The first-order valence-corrected chi connectivity index (χ1v) is 8.84. The number of nitrogens with one attached hydrogen (secondary N) is 1. The van der Waals surface area contributed by atoms with Crippen LogP contribution in [-0.4, -0.2) is 16.8 Å². The molecule has 6 nitrogen and oxygen atoms in total. The smallest absolute Gasteiger partial charge is 0.262 e. The van der Waals surface area contributed by atoms with Gasteiger partial charge in [0.25, 0.3) is 10.0 Å². The number of anilines is 1. The summed E-state index contributed by atoms with van der Waals surface area (Å²) in [6.45, 7) is 0. The van der Waals surface area contributed by atoms with Crippen LogP contribution in [0.1, 0.15) is 0 Å². The number of hydrogen-bond donors (Lipinski definition) is 2. The molecule has 0 atom stereocenters. The Kier molecular flexibility index (Phi) is 4.37. The van der Waals surface area contributed by atoms with Crippen LogP contribution in [0.25, 0.3) is 0 Å². The summed E-state index contributed by atoms with van der Waals surface area (Å²) in [7, 11) is -8.60. The molecular weight excluding hydrogens is 357 g/mol. The Labute approximate surface area is 129 Å². The molecule has 0 heterocycles. The molecule has 2 aromatic rings. The molecule has 0 aromatic heterocycles. The minimum absolute atomic E-state index is 0.480. The van der Waals surface area contributed by atoms with Crippen LogP contribution >= 0.6 is 0 Å². The van der Waals surface area contributed by atoms with Gasteiger partial charge in [-0.05, 0) is 30.3 Å². The summed E-state index contributed by atoms with van der Waals surface area (Å²) in [6.07, 6.45) is 0. The van der Waals surface area contributed by atoms with Crippen molar-refractivity contribution in [2.45, 2.75) is 9.79 Å². The van der Waals surface area contributed by atoms with Crippen LogP contribution in [-0.2, 0) is 20.0 Å². The van der Waals surface area contributed by atoms with E-state index in [9.17, 15) is 30.0 Å². The second-order valence-electron chi connectivity index (χ2n) is 4.35. The average molecular weight is 366 g/mol. The summed E-state index contributed by atoms with van der Waals surface area (Å²) in [5.74, 6) is -5.05. The number of nitrogens with two attached hydrogens (primary N) is 1. The first-order valence-electron chi connectivity index (χ1n) is 5.81. The van der Waals surface area contributed by atoms with Gasteiger partial charge in [-0.15, -0.1) is 0 Å². The van der Waals surface area contributed by atoms with Crippen molar-refractivity contribution in [1.82, 2.24) is 0 Å². The Morgan fingerprint density at radius 1 is 0.870 bits per heavy atom. The lowest BCUT2D eigenvalue weighted by atomic mass is 10.3. The molecule has 0 saturated carbocycles. The third kappa shape index (κ3) is 3.63. The monoisotopic (exact) mass is 366 g/mol. The van der Waals surface area contributed by atoms with Crippen LogP contribution in [0, 0.1) is 17.5 Å². The van der Waals surface area contributed by atoms with Gasteiger partial charge in [-0.2, -0.15) is 0 Å². The van der Waals surface area contributed by atoms with Gasteiger partial charge < -0.3 is 0 Å². The Morgan fingerprint density at radius 3 is 2.09 bits per heavy atom. The largest absolute Gasteiger partial charge is 0.277 e. The van der Waals surface area contributed by atoms with Gasteiger partial charge >= 0.3 is 0 Å². The third-order valence-corrected chi connectivity index (χ3v) is 5.00. The normalized spacial score (nSPS) is 12.2. The molecule has 0 aliphatic heterocycles. The second kappa shape index (κ2) is 5.83. The fraction of sp³-hybridized carbons (Fsp3) is 0. The standard InChI is InChI=1S/C12H9F3N2O4S2/c13-9-4-5-10(12(15)11(9)14)17-23(20,21)8-3-1-2-7(6-8)22(16,18)19/h1-6,17H,(H2,16,18,19). The summed E-state index contributed by atoms with van der Waals surface area (Å²) >= 11 is 0. The van der Waals surface area contributed by atoms with Crippen molar-refractivity contribution in [3.63, 3.8) is 0 Å². The van der Waals surface area contributed by atoms with Gasteiger partial charge in [0.05, 0.1) is 15.5 Å². The van der Waals surface area contributed by atoms with E-state index in [0.717, 1.165) is 24.3 Å². The molecule has 0 aliphatic carbocycles. The molecule has 3 N–H and O–H groups in total. The minimum atomic E-state index is -4.45. The van der Waals surface area contributed by atoms with E-state index in [1.807, 2.05) is 0 Å². The van der Waals surface area contributed by atoms with E-state index < -0.39 is 53.0 Å². The third-order valence-electron chi connectivity index (χ3n) is 2.72. The summed E-state index contributed by atoms with van der Waals surface area (Å²) in [5.41, 5.74) is -0.829. The van der Waals surface area contributed by atoms with Gasteiger partial charge in [0.15, 0.2) is 17.5 Å². The van der Waals surface area contributed by atoms with E-state index in [-0.39, 0.29) is 0 Å². The Morgan fingerprint density at radius 2 is 1.48 bits per heavy atom. The van der Waals surface area contributed by atoms with Crippen molar-refractivity contribution in [2.24, 2.45) is 5.14 Å². The first-order chi connectivity index (χ1) is 10.5. The molecule has 0 saturated heterocycles. The van der Waals surface area contributed by atoms with Crippen molar-refractivity contribution in [1.29, 1.82) is 0 Å². The predicted molar refractivity (Wildman–Crippen MR) is 74.9 cm³/mol. The average Bonchev–Trinajstić information content (AvgIpc) is 2.47. The molecule has 0 fully saturated rings. The van der Waals surface area contributed by atoms with Crippen LogP contribution < -0.4 is 9.86 Å². The molecule has 11 heteroatoms. The maximum Gasteiger partial charge on any atom is 0.262 e. The lowest BCUT2D eigenvalue weighted by molar-refractivity contribution is 0.449. The summed E-state index contributed by atoms with van der Waals surface area (Å²) in [5, 5.41) is 4.89. The van der Waals surface area contributed by atoms with Gasteiger partial charge in [-0.1, -0.05) is 6.07 Å². The van der Waals surface area contributed by atoms with E-state index in [1.165, 1.54) is 0 Å². The van der Waals surface area contributed by atoms with E-state index in [1.54, 1.807) is 4.72 Å². The van der Waals surface area contributed by atoms with Crippen molar-refractivity contribution < 1.29 is 30.0 Å². The van der Waals surface area contributed by atoms with Gasteiger partial charge in [0.2, 0.25) is 10.0 Å². The molecule has 0 unspecified atom stereocenters. The molecular formula is C12H9F3N2O4S2. The number of primary sulfonamides is 1. The highest BCUT2D eigenvalue weighted by Crippen LogP contribution is 2.23. The maximum atomic E-state index is 13.5. The number of halogens is 3. The topological polar surface area (TPSA) is 106 Å². The molecule has 0 bridgehead atoms. The molecule has 0 spiro atoms. The summed E-state index contributed by atoms with van der Waals surface area (Å²) in [6, 6.07) is 5.17. The zero-order valence-corrected chi connectivity index (χ0v) is 12.8. The van der Waals surface area contributed by atoms with Gasteiger partial charge in [-0.3, -0.25) is 4.72 Å². The van der Waals surface area contributed by atoms with E-state index in [0.29, 0.717) is 12.1 Å². The van der Waals surface area contributed by atoms with Crippen LogP contribution in [0.2, 0.25) is 0 Å². The Hall–Kier alpha value is -2.11. The van der Waals surface area contributed by atoms with Gasteiger partial charge in [0.1, 0.15) is 0 Å². The molecule has 0 aliphatic rings. The number of sulfonamides is 2. The minimum Gasteiger partial charge on any atom is -0.277 e. The van der Waals surface area contributed by atoms with Gasteiger partial charge in [-0.25, -0.2) is 35.1 Å². The highest BCUT2D eigenvalue weighted by Gasteiger charge is 2.21. The second-order valence-corrected chi connectivity index (χ2v) is 7.59. The first kappa shape index (κ1) is 17.2. The van der Waals surface area contributed by atoms with Crippen molar-refractivity contribution in [3.8, 4) is 0 Å². The maximum absolute atomic E-state index is 13.5. The summed E-state index contributed by atoms with van der Waals surface area (Å²) in [4.78, 5) is -1.03. The zero-order valence-electron chi connectivity index (χ0n) is 11.1. The highest BCUT2D eigenvalue weighted by atomic mass is 32.2. The molecule has 0 radical (unpaired) electrons. The van der Waals surface area contributed by atoms with Gasteiger partial charge in [0, 0.05) is 0 Å². The zero-order chi connectivity index (χ0) is 17.4. The van der Waals surface area contributed by atoms with Crippen molar-refractivity contribution >= 4 is 25.7 Å². The van der Waals surface area contributed by atoms with Crippen LogP contribution in [0.15, 0.2) is 46.2 Å². The van der Waals surface area contributed by atoms with E-state index in [2.05, 4.69) is 0 Å². The predicted octanol–water partition coefficient (Wildman–Crippen LogP) is 1.55. The van der Waals surface area contributed by atoms with E-state index in [4.69, 9.17) is 5.14 Å². The fourth-order valence-electron chi connectivity index (χ4n) is 1.63. The fourth-order valence-corrected chi connectivity index (χ4v) is 3.37. The Bertz CT molecular complexity index is 976. The van der Waals surface area contributed by atoms with Crippen LogP contribution in [0.5, 0.6) is 0 Å². The van der Waals surface area contributed by atoms with Crippen LogP contribution in [0.3, 0.4) is 0 Å². The number of hydrogen-bond acceptors (Lipinski definition) is 4. The lowest BCUT2D eigenvalue weighted by Gasteiger charge is -2.10. The summed E-state index contributed by atoms with van der Waals surface area (Å²) < 4.78 is 87.8. The highest BCUT2D eigenvalue weighted by molar-refractivity contribution is 7.93. The number of benzene rings is 2. The quantitative estimate of drug-likeness (QED) is 0.801.